The molecule has 0 saturated carbocycles. The van der Waals surface area contributed by atoms with E-state index in [4.69, 9.17) is 4.74 Å². The molecule has 1 aliphatic rings. The molecule has 1 heterocycles. The Balaban J connectivity index is 1.96. The maximum Gasteiger partial charge on any atom is 0.235 e. The first-order chi connectivity index (χ1) is 11.2. The second kappa shape index (κ2) is 4.95. The number of hydrogen-bond donors (Lipinski definition) is 1. The number of hydrogen-bond acceptors (Lipinski definition) is 3. The van der Waals surface area contributed by atoms with Crippen molar-refractivity contribution in [3.05, 3.63) is 71.4 Å². The summed E-state index contributed by atoms with van der Waals surface area (Å²) in [5.74, 6) is -0.216. The van der Waals surface area contributed by atoms with Crippen LogP contribution in [0.4, 0.5) is 0 Å². The van der Waals surface area contributed by atoms with Crippen LogP contribution in [0.15, 0.2) is 54.6 Å². The van der Waals surface area contributed by atoms with Gasteiger partial charge >= 0.3 is 0 Å². The first-order valence-corrected chi connectivity index (χ1v) is 7.25. The zero-order valence-corrected chi connectivity index (χ0v) is 12.4. The highest BCUT2D eigenvalue weighted by atomic mass is 16.5. The standard InChI is InChI=1S/C19H13NO3/c1-23-12-8-6-11(7-9-12)14-10-16(21)19(22)17-13-4-2-3-5-15(13)20-18(14)17/h2-10,20H,1H3. The minimum atomic E-state index is -0.493. The lowest BCUT2D eigenvalue weighted by molar-refractivity contribution is -0.110. The first kappa shape index (κ1) is 13.5. The molecular formula is C19H13NO3. The van der Waals surface area contributed by atoms with E-state index in [0.717, 1.165) is 27.8 Å². The van der Waals surface area contributed by atoms with Crippen molar-refractivity contribution in [3.8, 4) is 5.75 Å². The second-order valence-corrected chi connectivity index (χ2v) is 5.40. The summed E-state index contributed by atoms with van der Waals surface area (Å²) >= 11 is 0. The van der Waals surface area contributed by atoms with Crippen LogP contribution in [0.1, 0.15) is 21.6 Å². The van der Waals surface area contributed by atoms with Gasteiger partial charge in [-0.1, -0.05) is 30.3 Å². The lowest BCUT2D eigenvalue weighted by Crippen LogP contribution is -2.18. The number of ketones is 2. The number of carbonyl (C=O) groups is 2. The Labute approximate surface area is 132 Å². The number of rotatable bonds is 2. The van der Waals surface area contributed by atoms with Gasteiger partial charge in [-0.05, 0) is 29.8 Å². The summed E-state index contributed by atoms with van der Waals surface area (Å²) in [5.41, 5.74) is 3.59. The summed E-state index contributed by atoms with van der Waals surface area (Å²) in [7, 11) is 1.60. The Morgan fingerprint density at radius 3 is 2.43 bits per heavy atom. The highest BCUT2D eigenvalue weighted by Gasteiger charge is 2.30. The van der Waals surface area contributed by atoms with Crippen molar-refractivity contribution in [3.63, 3.8) is 0 Å². The number of allylic oxidation sites excluding steroid dienone is 1. The molecule has 1 N–H and O–H groups in total. The Morgan fingerprint density at radius 2 is 1.70 bits per heavy atom. The molecule has 112 valence electrons. The summed E-state index contributed by atoms with van der Waals surface area (Å²) in [6, 6.07) is 14.9. The molecule has 0 amide bonds. The lowest BCUT2D eigenvalue weighted by Gasteiger charge is -2.13. The largest absolute Gasteiger partial charge is 0.497 e. The third kappa shape index (κ3) is 1.99. The lowest BCUT2D eigenvalue weighted by atomic mass is 9.89. The van der Waals surface area contributed by atoms with E-state index in [1.807, 2.05) is 48.5 Å². The zero-order valence-electron chi connectivity index (χ0n) is 12.4. The molecule has 4 rings (SSSR count). The van der Waals surface area contributed by atoms with Gasteiger partial charge in [-0.15, -0.1) is 0 Å². The van der Waals surface area contributed by atoms with E-state index in [-0.39, 0.29) is 0 Å². The van der Waals surface area contributed by atoms with Crippen molar-refractivity contribution < 1.29 is 14.3 Å². The molecule has 2 aromatic carbocycles. The van der Waals surface area contributed by atoms with Gasteiger partial charge in [-0.25, -0.2) is 0 Å². The summed E-state index contributed by atoms with van der Waals surface area (Å²) in [6.45, 7) is 0. The van der Waals surface area contributed by atoms with E-state index in [2.05, 4.69) is 4.98 Å². The summed E-state index contributed by atoms with van der Waals surface area (Å²) in [4.78, 5) is 27.7. The molecule has 0 aliphatic heterocycles. The van der Waals surface area contributed by atoms with Crippen molar-refractivity contribution in [2.24, 2.45) is 0 Å². The van der Waals surface area contributed by atoms with Gasteiger partial charge in [-0.3, -0.25) is 9.59 Å². The van der Waals surface area contributed by atoms with Crippen molar-refractivity contribution in [2.45, 2.75) is 0 Å². The number of aromatic amines is 1. The molecule has 0 spiro atoms. The van der Waals surface area contributed by atoms with Gasteiger partial charge in [0.1, 0.15) is 5.75 Å². The number of methoxy groups -OCH3 is 1. The monoisotopic (exact) mass is 303 g/mol. The number of Topliss-reactive ketones (excluding diaryl/α,β-unsaturated/α-hetero) is 1. The normalized spacial score (nSPS) is 13.9. The van der Waals surface area contributed by atoms with Crippen molar-refractivity contribution in [1.82, 2.24) is 4.98 Å². The SMILES string of the molecule is COc1ccc(C2=CC(=O)C(=O)c3c2[nH]c2ccccc32)cc1. The van der Waals surface area contributed by atoms with Crippen LogP contribution < -0.4 is 4.74 Å². The molecule has 3 aromatic rings. The van der Waals surface area contributed by atoms with Crippen LogP contribution in [0.3, 0.4) is 0 Å². The fourth-order valence-corrected chi connectivity index (χ4v) is 2.97. The van der Waals surface area contributed by atoms with Crippen molar-refractivity contribution in [1.29, 1.82) is 0 Å². The molecular weight excluding hydrogens is 290 g/mol. The van der Waals surface area contributed by atoms with E-state index < -0.39 is 11.6 Å². The van der Waals surface area contributed by atoms with Crippen LogP contribution in [-0.2, 0) is 4.79 Å². The molecule has 4 nitrogen and oxygen atoms in total. The number of benzene rings is 2. The third-order valence-electron chi connectivity index (χ3n) is 4.10. The van der Waals surface area contributed by atoms with Crippen LogP contribution in [0.25, 0.3) is 16.5 Å². The Kier molecular flexibility index (Phi) is 2.91. The van der Waals surface area contributed by atoms with E-state index in [9.17, 15) is 9.59 Å². The summed E-state index contributed by atoms with van der Waals surface area (Å²) in [6.07, 6.45) is 1.40. The molecule has 0 saturated heterocycles. The van der Waals surface area contributed by atoms with Gasteiger partial charge in [0, 0.05) is 16.5 Å². The Hall–Kier alpha value is -3.14. The maximum absolute atomic E-state index is 12.3. The fourth-order valence-electron chi connectivity index (χ4n) is 2.97. The molecule has 1 aliphatic carbocycles. The Morgan fingerprint density at radius 1 is 0.957 bits per heavy atom. The van der Waals surface area contributed by atoms with Gasteiger partial charge in [0.25, 0.3) is 0 Å². The molecule has 0 unspecified atom stereocenters. The third-order valence-corrected chi connectivity index (χ3v) is 4.10. The van der Waals surface area contributed by atoms with Crippen LogP contribution >= 0.6 is 0 Å². The minimum absolute atomic E-state index is 0.457. The maximum atomic E-state index is 12.3. The number of nitrogens with one attached hydrogen (secondary N) is 1. The number of para-hydroxylation sites is 1. The van der Waals surface area contributed by atoms with E-state index >= 15 is 0 Å². The van der Waals surface area contributed by atoms with Gasteiger partial charge in [0.15, 0.2) is 0 Å². The number of H-pyrrole nitrogens is 1. The summed E-state index contributed by atoms with van der Waals surface area (Å²) < 4.78 is 5.16. The highest BCUT2D eigenvalue weighted by Crippen LogP contribution is 2.35. The predicted octanol–water partition coefficient (Wildman–Crippen LogP) is 3.37. The molecule has 0 bridgehead atoms. The average Bonchev–Trinajstić information content (AvgIpc) is 2.98. The number of aromatic nitrogens is 1. The smallest absolute Gasteiger partial charge is 0.235 e. The van der Waals surface area contributed by atoms with Crippen LogP contribution in [-0.4, -0.2) is 23.7 Å². The highest BCUT2D eigenvalue weighted by molar-refractivity contribution is 6.52. The van der Waals surface area contributed by atoms with Gasteiger partial charge < -0.3 is 9.72 Å². The number of carbonyl (C=O) groups excluding carboxylic acids is 2. The first-order valence-electron chi connectivity index (χ1n) is 7.25. The van der Waals surface area contributed by atoms with E-state index in [0.29, 0.717) is 11.3 Å². The fraction of sp³-hybridized carbons (Fsp3) is 0.0526. The molecule has 0 atom stereocenters. The summed E-state index contributed by atoms with van der Waals surface area (Å²) in [5, 5.41) is 0.778. The van der Waals surface area contributed by atoms with Gasteiger partial charge in [0.05, 0.1) is 18.4 Å². The topological polar surface area (TPSA) is 59.2 Å². The minimum Gasteiger partial charge on any atom is -0.497 e. The molecule has 0 radical (unpaired) electrons. The Bertz CT molecular complexity index is 978. The second-order valence-electron chi connectivity index (χ2n) is 5.40. The number of ether oxygens (including phenoxy) is 1. The quantitative estimate of drug-likeness (QED) is 0.738. The molecule has 23 heavy (non-hydrogen) atoms. The van der Waals surface area contributed by atoms with E-state index in [1.165, 1.54) is 6.08 Å². The van der Waals surface area contributed by atoms with Gasteiger partial charge in [0.2, 0.25) is 11.6 Å². The van der Waals surface area contributed by atoms with Crippen LogP contribution in [0.5, 0.6) is 5.75 Å². The van der Waals surface area contributed by atoms with E-state index in [1.54, 1.807) is 7.11 Å². The molecule has 1 aromatic heterocycles. The molecule has 4 heteroatoms. The molecule has 0 fully saturated rings. The predicted molar refractivity (Wildman–Crippen MR) is 87.7 cm³/mol. The van der Waals surface area contributed by atoms with Crippen molar-refractivity contribution in [2.75, 3.05) is 7.11 Å². The van der Waals surface area contributed by atoms with Gasteiger partial charge in [-0.2, -0.15) is 0 Å². The average molecular weight is 303 g/mol. The van der Waals surface area contributed by atoms with Crippen LogP contribution in [0, 0.1) is 0 Å². The van der Waals surface area contributed by atoms with Crippen molar-refractivity contribution >= 4 is 28.0 Å². The number of fused-ring (bicyclic) bond motifs is 3. The van der Waals surface area contributed by atoms with Crippen LogP contribution in [0.2, 0.25) is 0 Å². The zero-order chi connectivity index (χ0) is 16.0.